The second-order valence-electron chi connectivity index (χ2n) is 5.88. The fourth-order valence-electron chi connectivity index (χ4n) is 2.89. The SMILES string of the molecule is CC(c1ccccc1Cl)N(C)CC1(CS)CCOCC1. The zero-order valence-corrected chi connectivity index (χ0v) is 14.0. The average molecular weight is 314 g/mol. The summed E-state index contributed by atoms with van der Waals surface area (Å²) in [5, 5.41) is 0.846. The Morgan fingerprint density at radius 1 is 1.35 bits per heavy atom. The van der Waals surface area contributed by atoms with Gasteiger partial charge >= 0.3 is 0 Å². The molecule has 0 amide bonds. The van der Waals surface area contributed by atoms with Gasteiger partial charge in [0.1, 0.15) is 0 Å². The third-order valence-electron chi connectivity index (χ3n) is 4.49. The van der Waals surface area contributed by atoms with Gasteiger partial charge in [0.05, 0.1) is 0 Å². The highest BCUT2D eigenvalue weighted by molar-refractivity contribution is 7.80. The van der Waals surface area contributed by atoms with Crippen molar-refractivity contribution >= 4 is 24.2 Å². The smallest absolute Gasteiger partial charge is 0.0472 e. The highest BCUT2D eigenvalue weighted by Crippen LogP contribution is 2.35. The third kappa shape index (κ3) is 3.70. The van der Waals surface area contributed by atoms with E-state index in [0.29, 0.717) is 6.04 Å². The molecule has 1 fully saturated rings. The van der Waals surface area contributed by atoms with Gasteiger partial charge in [-0.25, -0.2) is 0 Å². The lowest BCUT2D eigenvalue weighted by Gasteiger charge is -2.41. The standard InChI is InChI=1S/C16H24ClNOS/c1-13(14-5-3-4-6-15(14)17)18(2)11-16(12-20)7-9-19-10-8-16/h3-6,13,20H,7-12H2,1-2H3. The van der Waals surface area contributed by atoms with Crippen molar-refractivity contribution in [1.82, 2.24) is 4.90 Å². The van der Waals surface area contributed by atoms with Crippen molar-refractivity contribution in [3.05, 3.63) is 34.9 Å². The molecule has 1 unspecified atom stereocenters. The van der Waals surface area contributed by atoms with Crippen LogP contribution in [0.25, 0.3) is 0 Å². The first kappa shape index (κ1) is 16.2. The molecule has 112 valence electrons. The molecule has 1 aromatic carbocycles. The zero-order valence-electron chi connectivity index (χ0n) is 12.3. The minimum absolute atomic E-state index is 0.269. The molecular formula is C16H24ClNOS. The lowest BCUT2D eigenvalue weighted by atomic mass is 9.81. The molecule has 1 aromatic rings. The van der Waals surface area contributed by atoms with Gasteiger partial charge < -0.3 is 4.74 Å². The van der Waals surface area contributed by atoms with E-state index in [1.54, 1.807) is 0 Å². The van der Waals surface area contributed by atoms with E-state index in [1.807, 2.05) is 18.2 Å². The molecular weight excluding hydrogens is 290 g/mol. The number of thiol groups is 1. The maximum atomic E-state index is 6.31. The monoisotopic (exact) mass is 313 g/mol. The maximum absolute atomic E-state index is 6.31. The molecule has 0 aliphatic carbocycles. The molecule has 4 heteroatoms. The summed E-state index contributed by atoms with van der Waals surface area (Å²) in [7, 11) is 2.18. The number of ether oxygens (including phenoxy) is 1. The van der Waals surface area contributed by atoms with Gasteiger partial charge in [0, 0.05) is 30.8 Å². The first-order chi connectivity index (χ1) is 9.58. The Bertz CT molecular complexity index is 434. The van der Waals surface area contributed by atoms with Crippen LogP contribution in [-0.2, 0) is 4.74 Å². The van der Waals surface area contributed by atoms with Crippen LogP contribution in [0, 0.1) is 5.41 Å². The quantitative estimate of drug-likeness (QED) is 0.823. The van der Waals surface area contributed by atoms with Gasteiger partial charge in [-0.1, -0.05) is 29.8 Å². The third-order valence-corrected chi connectivity index (χ3v) is 5.51. The maximum Gasteiger partial charge on any atom is 0.0472 e. The van der Waals surface area contributed by atoms with Crippen molar-refractivity contribution < 1.29 is 4.74 Å². The summed E-state index contributed by atoms with van der Waals surface area (Å²) in [5.74, 6) is 0.913. The highest BCUT2D eigenvalue weighted by Gasteiger charge is 2.33. The number of hydrogen-bond donors (Lipinski definition) is 1. The minimum Gasteiger partial charge on any atom is -0.381 e. The molecule has 1 heterocycles. The van der Waals surface area contributed by atoms with E-state index in [0.717, 1.165) is 43.4 Å². The highest BCUT2D eigenvalue weighted by atomic mass is 35.5. The van der Waals surface area contributed by atoms with Crippen LogP contribution in [0.4, 0.5) is 0 Å². The number of benzene rings is 1. The van der Waals surface area contributed by atoms with Crippen molar-refractivity contribution in [2.75, 3.05) is 32.6 Å². The second-order valence-corrected chi connectivity index (χ2v) is 6.61. The molecule has 1 saturated heterocycles. The van der Waals surface area contributed by atoms with Crippen LogP contribution in [0.2, 0.25) is 5.02 Å². The van der Waals surface area contributed by atoms with Crippen LogP contribution < -0.4 is 0 Å². The van der Waals surface area contributed by atoms with Crippen LogP contribution in [0.15, 0.2) is 24.3 Å². The van der Waals surface area contributed by atoms with Crippen molar-refractivity contribution in [3.63, 3.8) is 0 Å². The van der Waals surface area contributed by atoms with E-state index in [-0.39, 0.29) is 5.41 Å². The Balaban J connectivity index is 2.07. The molecule has 1 aliphatic rings. The number of rotatable bonds is 5. The lowest BCUT2D eigenvalue weighted by Crippen LogP contribution is -2.42. The van der Waals surface area contributed by atoms with Crippen molar-refractivity contribution in [1.29, 1.82) is 0 Å². The Hall–Kier alpha value is -0.220. The Morgan fingerprint density at radius 3 is 2.60 bits per heavy atom. The molecule has 20 heavy (non-hydrogen) atoms. The average Bonchev–Trinajstić information content (AvgIpc) is 2.48. The van der Waals surface area contributed by atoms with Crippen LogP contribution in [0.3, 0.4) is 0 Å². The zero-order chi connectivity index (χ0) is 14.6. The van der Waals surface area contributed by atoms with Gasteiger partial charge in [-0.3, -0.25) is 4.90 Å². The number of halogens is 1. The predicted octanol–water partition coefficient (Wildman–Crippen LogP) is 4.06. The molecule has 0 N–H and O–H groups in total. The van der Waals surface area contributed by atoms with E-state index in [9.17, 15) is 0 Å². The Kier molecular flexibility index (Phi) is 5.79. The summed E-state index contributed by atoms with van der Waals surface area (Å²) in [5.41, 5.74) is 1.46. The summed E-state index contributed by atoms with van der Waals surface area (Å²) in [6.45, 7) is 4.96. The van der Waals surface area contributed by atoms with Gasteiger partial charge in [0.25, 0.3) is 0 Å². The van der Waals surface area contributed by atoms with Gasteiger partial charge in [-0.2, -0.15) is 12.6 Å². The van der Waals surface area contributed by atoms with Gasteiger partial charge in [-0.15, -0.1) is 0 Å². The van der Waals surface area contributed by atoms with Crippen LogP contribution in [-0.4, -0.2) is 37.5 Å². The van der Waals surface area contributed by atoms with Crippen LogP contribution in [0.1, 0.15) is 31.4 Å². The first-order valence-corrected chi connectivity index (χ1v) is 8.22. The molecule has 0 spiro atoms. The normalized spacial score (nSPS) is 20.1. The van der Waals surface area contributed by atoms with E-state index < -0.39 is 0 Å². The topological polar surface area (TPSA) is 12.5 Å². The molecule has 1 atom stereocenters. The summed E-state index contributed by atoms with van der Waals surface area (Å²) < 4.78 is 5.50. The van der Waals surface area contributed by atoms with E-state index >= 15 is 0 Å². The molecule has 0 aromatic heterocycles. The van der Waals surface area contributed by atoms with Gasteiger partial charge in [-0.05, 0) is 49.6 Å². The fraction of sp³-hybridized carbons (Fsp3) is 0.625. The molecule has 2 nitrogen and oxygen atoms in total. The van der Waals surface area contributed by atoms with E-state index in [4.69, 9.17) is 16.3 Å². The fourth-order valence-corrected chi connectivity index (χ4v) is 3.60. The molecule has 0 saturated carbocycles. The van der Waals surface area contributed by atoms with Crippen molar-refractivity contribution in [3.8, 4) is 0 Å². The van der Waals surface area contributed by atoms with Gasteiger partial charge in [0.15, 0.2) is 0 Å². The summed E-state index contributed by atoms with van der Waals surface area (Å²) in [6, 6.07) is 8.41. The minimum atomic E-state index is 0.269. The van der Waals surface area contributed by atoms with Crippen LogP contribution in [0.5, 0.6) is 0 Å². The summed E-state index contributed by atoms with van der Waals surface area (Å²) in [6.07, 6.45) is 2.19. The van der Waals surface area contributed by atoms with Crippen molar-refractivity contribution in [2.45, 2.75) is 25.8 Å². The largest absolute Gasteiger partial charge is 0.381 e. The molecule has 0 bridgehead atoms. The van der Waals surface area contributed by atoms with E-state index in [1.165, 1.54) is 5.56 Å². The van der Waals surface area contributed by atoms with Crippen molar-refractivity contribution in [2.24, 2.45) is 5.41 Å². The first-order valence-electron chi connectivity index (χ1n) is 7.21. The van der Waals surface area contributed by atoms with Gasteiger partial charge in [0.2, 0.25) is 0 Å². The number of hydrogen-bond acceptors (Lipinski definition) is 3. The van der Waals surface area contributed by atoms with Crippen LogP contribution >= 0.6 is 24.2 Å². The summed E-state index contributed by atoms with van der Waals surface area (Å²) in [4.78, 5) is 2.39. The lowest BCUT2D eigenvalue weighted by molar-refractivity contribution is 0.00633. The molecule has 1 aliphatic heterocycles. The molecule has 0 radical (unpaired) electrons. The van der Waals surface area contributed by atoms with E-state index in [2.05, 4.69) is 37.6 Å². The Labute approximate surface area is 132 Å². The second kappa shape index (κ2) is 7.17. The summed E-state index contributed by atoms with van der Waals surface area (Å²) >= 11 is 10.9. The Morgan fingerprint density at radius 2 is 2.00 bits per heavy atom. The number of nitrogens with zero attached hydrogens (tertiary/aromatic N) is 1. The predicted molar refractivity (Wildman–Crippen MR) is 88.8 cm³/mol. The molecule has 2 rings (SSSR count).